The molecular weight excluding hydrogens is 352 g/mol. The maximum atomic E-state index is 12.7. The van der Waals surface area contributed by atoms with Gasteiger partial charge < -0.3 is 19.3 Å². The van der Waals surface area contributed by atoms with Crippen molar-refractivity contribution in [3.05, 3.63) is 21.9 Å². The Bertz CT molecular complexity index is 652. The van der Waals surface area contributed by atoms with Crippen LogP contribution < -0.4 is 0 Å². The number of amides is 2. The summed E-state index contributed by atoms with van der Waals surface area (Å²) in [6.07, 6.45) is 3.24. The predicted molar refractivity (Wildman–Crippen MR) is 100 cm³/mol. The van der Waals surface area contributed by atoms with Gasteiger partial charge in [-0.25, -0.2) is 4.79 Å². The first-order valence-electron chi connectivity index (χ1n) is 9.34. The van der Waals surface area contributed by atoms with Gasteiger partial charge in [-0.1, -0.05) is 13.3 Å². The van der Waals surface area contributed by atoms with Gasteiger partial charge in [0.1, 0.15) is 5.60 Å². The van der Waals surface area contributed by atoms with Gasteiger partial charge in [-0.2, -0.15) is 0 Å². The molecule has 0 N–H and O–H groups in total. The number of thiophene rings is 1. The minimum Gasteiger partial charge on any atom is -0.441 e. The molecule has 2 fully saturated rings. The average Bonchev–Trinajstić information content (AvgIpc) is 3.21. The highest BCUT2D eigenvalue weighted by molar-refractivity contribution is 7.14. The van der Waals surface area contributed by atoms with Gasteiger partial charge in [0.05, 0.1) is 18.0 Å². The molecule has 0 bridgehead atoms. The predicted octanol–water partition coefficient (Wildman–Crippen LogP) is 3.51. The van der Waals surface area contributed by atoms with Crippen molar-refractivity contribution in [3.8, 4) is 0 Å². The van der Waals surface area contributed by atoms with E-state index in [-0.39, 0.29) is 18.0 Å². The minimum absolute atomic E-state index is 0.0627. The molecule has 0 radical (unpaired) electrons. The summed E-state index contributed by atoms with van der Waals surface area (Å²) in [4.78, 5) is 30.5. The van der Waals surface area contributed by atoms with E-state index in [2.05, 4.69) is 13.8 Å². The Hall–Kier alpha value is -1.60. The normalized spacial score (nSPS) is 20.5. The van der Waals surface area contributed by atoms with Crippen LogP contribution in [0.5, 0.6) is 0 Å². The molecular formula is C19H28N2O4S. The van der Waals surface area contributed by atoms with E-state index in [9.17, 15) is 9.59 Å². The van der Waals surface area contributed by atoms with Crippen LogP contribution in [0.4, 0.5) is 4.79 Å². The van der Waals surface area contributed by atoms with Crippen LogP contribution in [0, 0.1) is 0 Å². The summed E-state index contributed by atoms with van der Waals surface area (Å²) in [5, 5.41) is 0. The summed E-state index contributed by atoms with van der Waals surface area (Å²) in [6, 6.07) is 4.02. The highest BCUT2D eigenvalue weighted by Crippen LogP contribution is 2.35. The van der Waals surface area contributed by atoms with Crippen molar-refractivity contribution in [2.45, 2.75) is 57.8 Å². The number of carbonyl (C=O) groups excluding carboxylic acids is 2. The van der Waals surface area contributed by atoms with Gasteiger partial charge in [0, 0.05) is 44.0 Å². The van der Waals surface area contributed by atoms with Crippen molar-refractivity contribution < 1.29 is 19.1 Å². The van der Waals surface area contributed by atoms with Crippen LogP contribution in [0.2, 0.25) is 0 Å². The van der Waals surface area contributed by atoms with Gasteiger partial charge in [-0.05, 0) is 25.5 Å². The number of carbonyl (C=O) groups is 2. The Morgan fingerprint density at radius 3 is 2.77 bits per heavy atom. The zero-order valence-corrected chi connectivity index (χ0v) is 16.6. The number of likely N-dealkylation sites (tertiary alicyclic amines) is 1. The van der Waals surface area contributed by atoms with E-state index in [1.165, 1.54) is 11.3 Å². The van der Waals surface area contributed by atoms with Gasteiger partial charge in [0.15, 0.2) is 0 Å². The lowest BCUT2D eigenvalue weighted by atomic mass is 9.91. The van der Waals surface area contributed by atoms with Crippen molar-refractivity contribution in [1.29, 1.82) is 0 Å². The van der Waals surface area contributed by atoms with Crippen molar-refractivity contribution in [3.63, 3.8) is 0 Å². The third kappa shape index (κ3) is 3.88. The van der Waals surface area contributed by atoms with Gasteiger partial charge >= 0.3 is 6.09 Å². The van der Waals surface area contributed by atoms with Gasteiger partial charge in [0.25, 0.3) is 5.91 Å². The van der Waals surface area contributed by atoms with Crippen molar-refractivity contribution in [1.82, 2.24) is 9.80 Å². The molecule has 1 aromatic rings. The molecule has 0 saturated carbocycles. The lowest BCUT2D eigenvalue weighted by molar-refractivity contribution is 0.00321. The lowest BCUT2D eigenvalue weighted by Gasteiger charge is -2.37. The molecule has 3 rings (SSSR count). The van der Waals surface area contributed by atoms with Crippen molar-refractivity contribution in [2.75, 3.05) is 26.7 Å². The van der Waals surface area contributed by atoms with Gasteiger partial charge in [-0.15, -0.1) is 11.3 Å². The Balaban J connectivity index is 1.58. The second kappa shape index (κ2) is 7.96. The largest absolute Gasteiger partial charge is 0.441 e. The summed E-state index contributed by atoms with van der Waals surface area (Å²) in [5.41, 5.74) is -0.424. The molecule has 1 atom stereocenters. The molecule has 1 spiro atoms. The highest BCUT2D eigenvalue weighted by atomic mass is 32.1. The van der Waals surface area contributed by atoms with E-state index in [1.54, 1.807) is 7.11 Å². The topological polar surface area (TPSA) is 59.1 Å². The Morgan fingerprint density at radius 2 is 2.12 bits per heavy atom. The third-order valence-electron chi connectivity index (χ3n) is 5.36. The van der Waals surface area contributed by atoms with Crippen LogP contribution in [0.15, 0.2) is 12.1 Å². The second-order valence-electron chi connectivity index (χ2n) is 7.31. The van der Waals surface area contributed by atoms with E-state index >= 15 is 0 Å². The van der Waals surface area contributed by atoms with Crippen molar-refractivity contribution >= 4 is 23.3 Å². The molecule has 26 heavy (non-hydrogen) atoms. The quantitative estimate of drug-likeness (QED) is 0.758. The second-order valence-corrected chi connectivity index (χ2v) is 8.48. The van der Waals surface area contributed by atoms with Crippen LogP contribution in [0.3, 0.4) is 0 Å². The Morgan fingerprint density at radius 1 is 1.38 bits per heavy atom. The summed E-state index contributed by atoms with van der Waals surface area (Å²) >= 11 is 1.48. The fourth-order valence-corrected chi connectivity index (χ4v) is 4.75. The number of methoxy groups -OCH3 is 1. The standard InChI is InChI=1S/C19H28N2O4S/c1-4-5-14(2)21-13-19(25-18(21)23)8-10-20(11-9-19)17(22)16-7-6-15(26-16)12-24-3/h6-7,14H,4-5,8-13H2,1-3H3. The van der Waals surface area contributed by atoms with E-state index < -0.39 is 5.60 Å². The molecule has 0 aromatic carbocycles. The number of ether oxygens (including phenoxy) is 2. The zero-order chi connectivity index (χ0) is 18.7. The third-order valence-corrected chi connectivity index (χ3v) is 6.40. The smallest absolute Gasteiger partial charge is 0.410 e. The van der Waals surface area contributed by atoms with Crippen LogP contribution >= 0.6 is 11.3 Å². The molecule has 1 unspecified atom stereocenters. The summed E-state index contributed by atoms with van der Waals surface area (Å²) < 4.78 is 10.9. The van der Waals surface area contributed by atoms with E-state index in [0.717, 1.165) is 22.6 Å². The Labute approximate surface area is 159 Å². The first-order valence-corrected chi connectivity index (χ1v) is 10.2. The minimum atomic E-state index is -0.424. The number of nitrogens with zero attached hydrogens (tertiary/aromatic N) is 2. The average molecular weight is 381 g/mol. The van der Waals surface area contributed by atoms with Crippen molar-refractivity contribution in [2.24, 2.45) is 0 Å². The number of rotatable bonds is 6. The van der Waals surface area contributed by atoms with Gasteiger partial charge in [0.2, 0.25) is 0 Å². The maximum absolute atomic E-state index is 12.7. The van der Waals surface area contributed by atoms with Gasteiger partial charge in [-0.3, -0.25) is 4.79 Å². The molecule has 7 heteroatoms. The molecule has 6 nitrogen and oxygen atoms in total. The van der Waals surface area contributed by atoms with E-state index in [4.69, 9.17) is 9.47 Å². The molecule has 1 aromatic heterocycles. The molecule has 2 aliphatic heterocycles. The molecule has 144 valence electrons. The lowest BCUT2D eigenvalue weighted by Crippen LogP contribution is -2.49. The first kappa shape index (κ1) is 19.2. The van der Waals surface area contributed by atoms with Crippen LogP contribution in [-0.2, 0) is 16.1 Å². The summed E-state index contributed by atoms with van der Waals surface area (Å²) in [6.45, 7) is 6.63. The molecule has 2 saturated heterocycles. The zero-order valence-electron chi connectivity index (χ0n) is 15.8. The molecule has 2 aliphatic rings. The van der Waals surface area contributed by atoms with E-state index in [1.807, 2.05) is 21.9 Å². The highest BCUT2D eigenvalue weighted by Gasteiger charge is 2.48. The maximum Gasteiger partial charge on any atom is 0.410 e. The van der Waals surface area contributed by atoms with Crippen LogP contribution in [0.1, 0.15) is 54.1 Å². The Kier molecular flexibility index (Phi) is 5.87. The number of piperidine rings is 1. The van der Waals surface area contributed by atoms with E-state index in [0.29, 0.717) is 39.1 Å². The molecule has 2 amide bonds. The fourth-order valence-electron chi connectivity index (χ4n) is 3.81. The summed E-state index contributed by atoms with van der Waals surface area (Å²) in [5.74, 6) is 0.0627. The SMILES string of the molecule is CCCC(C)N1CC2(CCN(C(=O)c3ccc(COC)s3)CC2)OC1=O. The summed E-state index contributed by atoms with van der Waals surface area (Å²) in [7, 11) is 1.65. The monoisotopic (exact) mass is 380 g/mol. The van der Waals surface area contributed by atoms with Crippen LogP contribution in [0.25, 0.3) is 0 Å². The number of hydrogen-bond donors (Lipinski definition) is 0. The first-order chi connectivity index (χ1) is 12.5. The number of hydrogen-bond acceptors (Lipinski definition) is 5. The van der Waals surface area contributed by atoms with Crippen LogP contribution in [-0.4, -0.2) is 60.2 Å². The molecule has 3 heterocycles. The fraction of sp³-hybridized carbons (Fsp3) is 0.684. The molecule has 0 aliphatic carbocycles.